The first-order valence-electron chi connectivity index (χ1n) is 8.96. The van der Waals surface area contributed by atoms with Gasteiger partial charge in [0, 0.05) is 25.1 Å². The minimum atomic E-state index is 0.481. The van der Waals surface area contributed by atoms with Crippen LogP contribution in [0.2, 0.25) is 0 Å². The molecule has 150 valence electrons. The molecule has 2 rings (SSSR count). The highest BCUT2D eigenvalue weighted by Crippen LogP contribution is 2.32. The molecule has 0 spiro atoms. The molecule has 1 fully saturated rings. The van der Waals surface area contributed by atoms with Crippen molar-refractivity contribution in [1.82, 2.24) is 10.7 Å². The van der Waals surface area contributed by atoms with E-state index in [4.69, 9.17) is 31.2 Å². The van der Waals surface area contributed by atoms with Gasteiger partial charge in [0.1, 0.15) is 30.3 Å². The van der Waals surface area contributed by atoms with E-state index < -0.39 is 0 Å². The SMILES string of the molecule is COc1cc(OC)c(/C=N\NC(=S)NCCC[NH+]2CCOCC2)c(OC)c1. The van der Waals surface area contributed by atoms with Crippen LogP contribution >= 0.6 is 12.2 Å². The molecule has 9 heteroatoms. The maximum Gasteiger partial charge on any atom is 0.186 e. The molecule has 1 aliphatic rings. The Morgan fingerprint density at radius 2 is 1.85 bits per heavy atom. The Labute approximate surface area is 165 Å². The molecule has 1 aromatic carbocycles. The first-order valence-corrected chi connectivity index (χ1v) is 9.37. The third-order valence-electron chi connectivity index (χ3n) is 4.31. The highest BCUT2D eigenvalue weighted by Gasteiger charge is 2.13. The topological polar surface area (TPSA) is 77.8 Å². The summed E-state index contributed by atoms with van der Waals surface area (Å²) in [6, 6.07) is 3.54. The zero-order valence-corrected chi connectivity index (χ0v) is 17.0. The Hall–Kier alpha value is -2.10. The van der Waals surface area contributed by atoms with Crippen LogP contribution in [0.1, 0.15) is 12.0 Å². The number of morpholine rings is 1. The van der Waals surface area contributed by atoms with E-state index in [0.717, 1.165) is 45.8 Å². The molecule has 0 atom stereocenters. The number of quaternary nitrogens is 1. The van der Waals surface area contributed by atoms with Gasteiger partial charge >= 0.3 is 0 Å². The molecular formula is C18H29N4O4S+. The second kappa shape index (κ2) is 11.6. The molecule has 0 radical (unpaired) electrons. The third-order valence-corrected chi connectivity index (χ3v) is 4.54. The lowest BCUT2D eigenvalue weighted by Gasteiger charge is -2.23. The van der Waals surface area contributed by atoms with Gasteiger partial charge in [-0.1, -0.05) is 0 Å². The number of ether oxygens (including phenoxy) is 4. The Morgan fingerprint density at radius 1 is 1.19 bits per heavy atom. The van der Waals surface area contributed by atoms with Crippen LogP contribution in [-0.2, 0) is 4.74 Å². The Balaban J connectivity index is 1.79. The highest BCUT2D eigenvalue weighted by molar-refractivity contribution is 7.80. The van der Waals surface area contributed by atoms with Crippen molar-refractivity contribution in [3.8, 4) is 17.2 Å². The first-order chi connectivity index (χ1) is 13.2. The molecular weight excluding hydrogens is 368 g/mol. The van der Waals surface area contributed by atoms with Crippen LogP contribution in [-0.4, -0.2) is 72.0 Å². The Morgan fingerprint density at radius 3 is 2.44 bits per heavy atom. The largest absolute Gasteiger partial charge is 0.496 e. The molecule has 8 nitrogen and oxygen atoms in total. The lowest BCUT2D eigenvalue weighted by molar-refractivity contribution is -0.908. The second-order valence-electron chi connectivity index (χ2n) is 6.04. The number of thiocarbonyl (C=S) groups is 1. The van der Waals surface area contributed by atoms with Gasteiger partial charge in [-0.15, -0.1) is 0 Å². The maximum absolute atomic E-state index is 5.39. The fourth-order valence-electron chi connectivity index (χ4n) is 2.81. The van der Waals surface area contributed by atoms with E-state index in [1.165, 1.54) is 0 Å². The van der Waals surface area contributed by atoms with Crippen molar-refractivity contribution in [1.29, 1.82) is 0 Å². The molecule has 0 bridgehead atoms. The zero-order valence-electron chi connectivity index (χ0n) is 16.2. The highest BCUT2D eigenvalue weighted by atomic mass is 32.1. The lowest BCUT2D eigenvalue weighted by Crippen LogP contribution is -3.14. The lowest BCUT2D eigenvalue weighted by atomic mass is 10.2. The second-order valence-corrected chi connectivity index (χ2v) is 6.45. The van der Waals surface area contributed by atoms with Gasteiger partial charge in [-0.3, -0.25) is 5.43 Å². The number of hydrogen-bond donors (Lipinski definition) is 3. The quantitative estimate of drug-likeness (QED) is 0.231. The summed E-state index contributed by atoms with van der Waals surface area (Å²) in [4.78, 5) is 1.58. The van der Waals surface area contributed by atoms with Gasteiger partial charge in [0.2, 0.25) is 0 Å². The number of hydrazone groups is 1. The summed E-state index contributed by atoms with van der Waals surface area (Å²) in [7, 11) is 4.76. The number of benzene rings is 1. The molecule has 0 amide bonds. The van der Waals surface area contributed by atoms with Crippen LogP contribution in [0.3, 0.4) is 0 Å². The molecule has 0 aromatic heterocycles. The molecule has 1 aromatic rings. The predicted octanol–water partition coefficient (Wildman–Crippen LogP) is -0.184. The molecule has 1 heterocycles. The van der Waals surface area contributed by atoms with Crippen molar-refractivity contribution in [2.75, 3.05) is 60.7 Å². The fraction of sp³-hybridized carbons (Fsp3) is 0.556. The summed E-state index contributed by atoms with van der Waals surface area (Å²) in [5.41, 5.74) is 3.52. The minimum Gasteiger partial charge on any atom is -0.496 e. The van der Waals surface area contributed by atoms with E-state index in [9.17, 15) is 0 Å². The number of hydrogen-bond acceptors (Lipinski definition) is 6. The molecule has 3 N–H and O–H groups in total. The van der Waals surface area contributed by atoms with Crippen LogP contribution < -0.4 is 29.9 Å². The van der Waals surface area contributed by atoms with Gasteiger partial charge in [0.05, 0.1) is 52.9 Å². The van der Waals surface area contributed by atoms with E-state index in [0.29, 0.717) is 27.9 Å². The fourth-order valence-corrected chi connectivity index (χ4v) is 2.96. The van der Waals surface area contributed by atoms with Gasteiger partial charge in [-0.25, -0.2) is 0 Å². The van der Waals surface area contributed by atoms with E-state index in [-0.39, 0.29) is 0 Å². The Bertz CT molecular complexity index is 611. The van der Waals surface area contributed by atoms with Crippen molar-refractivity contribution >= 4 is 23.5 Å². The average molecular weight is 398 g/mol. The third kappa shape index (κ3) is 6.85. The van der Waals surface area contributed by atoms with E-state index in [1.807, 2.05) is 0 Å². The van der Waals surface area contributed by atoms with E-state index in [2.05, 4.69) is 15.8 Å². The van der Waals surface area contributed by atoms with Gasteiger partial charge in [-0.2, -0.15) is 5.10 Å². The van der Waals surface area contributed by atoms with Crippen LogP contribution in [0.5, 0.6) is 17.2 Å². The van der Waals surface area contributed by atoms with Gasteiger partial charge in [0.15, 0.2) is 5.11 Å². The van der Waals surface area contributed by atoms with Crippen LogP contribution in [0.15, 0.2) is 17.2 Å². The van der Waals surface area contributed by atoms with Gasteiger partial charge in [0.25, 0.3) is 0 Å². The van der Waals surface area contributed by atoms with Crippen molar-refractivity contribution < 1.29 is 23.8 Å². The zero-order chi connectivity index (χ0) is 19.5. The monoisotopic (exact) mass is 397 g/mol. The summed E-state index contributed by atoms with van der Waals surface area (Å²) in [6.45, 7) is 5.80. The van der Waals surface area contributed by atoms with E-state index >= 15 is 0 Å². The summed E-state index contributed by atoms with van der Waals surface area (Å²) in [5, 5.41) is 7.83. The maximum atomic E-state index is 5.39. The van der Waals surface area contributed by atoms with Crippen LogP contribution in [0.25, 0.3) is 0 Å². The molecule has 0 unspecified atom stereocenters. The summed E-state index contributed by atoms with van der Waals surface area (Å²) < 4.78 is 21.4. The van der Waals surface area contributed by atoms with Crippen molar-refractivity contribution in [3.05, 3.63) is 17.7 Å². The van der Waals surface area contributed by atoms with Crippen LogP contribution in [0.4, 0.5) is 0 Å². The summed E-state index contributed by atoms with van der Waals surface area (Å²) in [5.74, 6) is 1.85. The van der Waals surface area contributed by atoms with Crippen molar-refractivity contribution in [2.45, 2.75) is 6.42 Å². The molecule has 1 aliphatic heterocycles. The minimum absolute atomic E-state index is 0.481. The first kappa shape index (κ1) is 21.2. The molecule has 0 aliphatic carbocycles. The standard InChI is InChI=1S/C18H28N4O4S/c1-23-14-11-16(24-2)15(17(12-14)25-3)13-20-21-18(27)19-5-4-6-22-7-9-26-10-8-22/h11-13H,4-10H2,1-3H3,(H2,19,21,27)/p+1/b20-13-. The average Bonchev–Trinajstić information content (AvgIpc) is 2.71. The number of rotatable bonds is 9. The molecule has 1 saturated heterocycles. The van der Waals surface area contributed by atoms with Crippen LogP contribution in [0, 0.1) is 0 Å². The summed E-state index contributed by atoms with van der Waals surface area (Å²) in [6.07, 6.45) is 2.66. The molecule has 0 saturated carbocycles. The number of nitrogens with zero attached hydrogens (tertiary/aromatic N) is 1. The number of nitrogens with one attached hydrogen (secondary N) is 3. The predicted molar refractivity (Wildman–Crippen MR) is 108 cm³/mol. The van der Waals surface area contributed by atoms with Crippen molar-refractivity contribution in [2.24, 2.45) is 5.10 Å². The Kier molecular flexibility index (Phi) is 9.09. The smallest absolute Gasteiger partial charge is 0.186 e. The van der Waals surface area contributed by atoms with E-state index in [1.54, 1.807) is 44.6 Å². The normalized spacial score (nSPS) is 14.8. The van der Waals surface area contributed by atoms with Crippen molar-refractivity contribution in [3.63, 3.8) is 0 Å². The molecule has 27 heavy (non-hydrogen) atoms. The van der Waals surface area contributed by atoms with Gasteiger partial charge in [-0.05, 0) is 12.2 Å². The van der Waals surface area contributed by atoms with Gasteiger partial charge < -0.3 is 29.2 Å². The number of methoxy groups -OCH3 is 3. The summed E-state index contributed by atoms with van der Waals surface area (Å²) >= 11 is 5.26.